The molecule has 0 bridgehead atoms. The summed E-state index contributed by atoms with van der Waals surface area (Å²) in [5.74, 6) is -0.0718. The van der Waals surface area contributed by atoms with Crippen molar-refractivity contribution in [2.45, 2.75) is 33.7 Å². The van der Waals surface area contributed by atoms with Gasteiger partial charge in [-0.25, -0.2) is 0 Å². The molecular formula is C11H19N3O. The van der Waals surface area contributed by atoms with Gasteiger partial charge in [0.2, 0.25) is 0 Å². The lowest BCUT2D eigenvalue weighted by Gasteiger charge is -2.27. The molecule has 1 unspecified atom stereocenters. The van der Waals surface area contributed by atoms with Crippen LogP contribution in [0.2, 0.25) is 0 Å². The van der Waals surface area contributed by atoms with Gasteiger partial charge in [0.05, 0.1) is 0 Å². The standard InChI is InChI=1S/C11H19N3O/c1-8(11(2,3)4)13-10(15)9-6-7-12-14(9)5/h6-8H,1-5H3,(H,13,15). The normalized spacial score (nSPS) is 13.7. The highest BCUT2D eigenvalue weighted by atomic mass is 16.2. The van der Waals surface area contributed by atoms with Crippen LogP contribution in [0.1, 0.15) is 38.2 Å². The van der Waals surface area contributed by atoms with Crippen LogP contribution in [0.4, 0.5) is 0 Å². The molecule has 0 fully saturated rings. The monoisotopic (exact) mass is 209 g/mol. The van der Waals surface area contributed by atoms with Gasteiger partial charge in [0, 0.05) is 19.3 Å². The first-order valence-corrected chi connectivity index (χ1v) is 5.11. The summed E-state index contributed by atoms with van der Waals surface area (Å²) in [4.78, 5) is 11.8. The summed E-state index contributed by atoms with van der Waals surface area (Å²) < 4.78 is 1.57. The first-order chi connectivity index (χ1) is 6.82. The van der Waals surface area contributed by atoms with Crippen LogP contribution >= 0.6 is 0 Å². The molecule has 0 aliphatic rings. The van der Waals surface area contributed by atoms with Gasteiger partial charge in [-0.2, -0.15) is 5.10 Å². The van der Waals surface area contributed by atoms with E-state index in [0.29, 0.717) is 5.69 Å². The Morgan fingerprint density at radius 1 is 1.53 bits per heavy atom. The van der Waals surface area contributed by atoms with E-state index in [9.17, 15) is 4.79 Å². The number of nitrogens with one attached hydrogen (secondary N) is 1. The lowest BCUT2D eigenvalue weighted by molar-refractivity contribution is 0.0900. The molecule has 1 atom stereocenters. The average Bonchev–Trinajstić information content (AvgIpc) is 2.49. The van der Waals surface area contributed by atoms with E-state index >= 15 is 0 Å². The maximum atomic E-state index is 11.8. The number of hydrogen-bond donors (Lipinski definition) is 1. The van der Waals surface area contributed by atoms with Crippen LogP contribution in [-0.4, -0.2) is 21.7 Å². The van der Waals surface area contributed by atoms with Gasteiger partial charge in [0.15, 0.2) is 0 Å². The van der Waals surface area contributed by atoms with Crippen molar-refractivity contribution in [3.63, 3.8) is 0 Å². The summed E-state index contributed by atoms with van der Waals surface area (Å²) in [6.07, 6.45) is 1.62. The Labute approximate surface area is 90.7 Å². The van der Waals surface area contributed by atoms with E-state index in [-0.39, 0.29) is 17.4 Å². The topological polar surface area (TPSA) is 46.9 Å². The van der Waals surface area contributed by atoms with E-state index in [1.54, 1.807) is 24.0 Å². The third-order valence-electron chi connectivity index (χ3n) is 2.70. The fourth-order valence-corrected chi connectivity index (χ4v) is 1.08. The predicted molar refractivity (Wildman–Crippen MR) is 59.6 cm³/mol. The third-order valence-corrected chi connectivity index (χ3v) is 2.70. The zero-order valence-corrected chi connectivity index (χ0v) is 10.0. The van der Waals surface area contributed by atoms with Gasteiger partial charge in [-0.1, -0.05) is 20.8 Å². The second kappa shape index (κ2) is 4.04. The number of aromatic nitrogens is 2. The molecule has 1 N–H and O–H groups in total. The van der Waals surface area contributed by atoms with E-state index in [0.717, 1.165) is 0 Å². The number of hydrogen-bond acceptors (Lipinski definition) is 2. The Morgan fingerprint density at radius 2 is 2.13 bits per heavy atom. The Kier molecular flexibility index (Phi) is 3.17. The van der Waals surface area contributed by atoms with Crippen LogP contribution < -0.4 is 5.32 Å². The number of amides is 1. The summed E-state index contributed by atoms with van der Waals surface area (Å²) in [5.41, 5.74) is 0.653. The summed E-state index contributed by atoms with van der Waals surface area (Å²) in [5, 5.41) is 6.93. The molecule has 0 aliphatic heterocycles. The molecule has 1 aromatic heterocycles. The molecule has 0 saturated carbocycles. The van der Waals surface area contributed by atoms with Crippen molar-refractivity contribution >= 4 is 5.91 Å². The van der Waals surface area contributed by atoms with E-state index < -0.39 is 0 Å². The number of rotatable bonds is 2. The predicted octanol–water partition coefficient (Wildman–Crippen LogP) is 1.58. The highest BCUT2D eigenvalue weighted by Gasteiger charge is 2.22. The van der Waals surface area contributed by atoms with Gasteiger partial charge in [-0.3, -0.25) is 9.48 Å². The molecule has 0 radical (unpaired) electrons. The van der Waals surface area contributed by atoms with Crippen LogP contribution in [0.25, 0.3) is 0 Å². The van der Waals surface area contributed by atoms with Crippen molar-refractivity contribution in [2.75, 3.05) is 0 Å². The molecule has 0 spiro atoms. The van der Waals surface area contributed by atoms with Gasteiger partial charge >= 0.3 is 0 Å². The molecule has 1 aromatic rings. The highest BCUT2D eigenvalue weighted by molar-refractivity contribution is 5.92. The van der Waals surface area contributed by atoms with Gasteiger partial charge in [-0.15, -0.1) is 0 Å². The lowest BCUT2D eigenvalue weighted by Crippen LogP contribution is -2.42. The van der Waals surface area contributed by atoms with Crippen LogP contribution in [0.15, 0.2) is 12.3 Å². The Balaban J connectivity index is 2.69. The van der Waals surface area contributed by atoms with Crippen LogP contribution in [0, 0.1) is 5.41 Å². The second-order valence-corrected chi connectivity index (χ2v) is 4.90. The summed E-state index contributed by atoms with van der Waals surface area (Å²) in [6.45, 7) is 8.30. The summed E-state index contributed by atoms with van der Waals surface area (Å²) in [6, 6.07) is 1.84. The molecule has 4 heteroatoms. The van der Waals surface area contributed by atoms with E-state index in [1.165, 1.54) is 0 Å². The minimum atomic E-state index is -0.0718. The largest absolute Gasteiger partial charge is 0.348 e. The number of aryl methyl sites for hydroxylation is 1. The van der Waals surface area contributed by atoms with E-state index in [2.05, 4.69) is 31.2 Å². The van der Waals surface area contributed by atoms with Gasteiger partial charge in [0.1, 0.15) is 5.69 Å². The van der Waals surface area contributed by atoms with Crippen molar-refractivity contribution in [2.24, 2.45) is 12.5 Å². The Hall–Kier alpha value is -1.32. The molecule has 1 amide bonds. The first-order valence-electron chi connectivity index (χ1n) is 5.11. The lowest BCUT2D eigenvalue weighted by atomic mass is 9.88. The van der Waals surface area contributed by atoms with E-state index in [1.807, 2.05) is 6.92 Å². The van der Waals surface area contributed by atoms with Crippen LogP contribution in [-0.2, 0) is 7.05 Å². The quantitative estimate of drug-likeness (QED) is 0.804. The smallest absolute Gasteiger partial charge is 0.269 e. The van der Waals surface area contributed by atoms with Crippen molar-refractivity contribution in [3.05, 3.63) is 18.0 Å². The molecule has 15 heavy (non-hydrogen) atoms. The van der Waals surface area contributed by atoms with Gasteiger partial charge in [0.25, 0.3) is 5.91 Å². The molecule has 1 rings (SSSR count). The van der Waals surface area contributed by atoms with Gasteiger partial charge in [-0.05, 0) is 18.4 Å². The molecule has 0 aromatic carbocycles. The Morgan fingerprint density at radius 3 is 2.53 bits per heavy atom. The molecule has 1 heterocycles. The average molecular weight is 209 g/mol. The van der Waals surface area contributed by atoms with E-state index in [4.69, 9.17) is 0 Å². The molecule has 0 aliphatic carbocycles. The van der Waals surface area contributed by atoms with Crippen LogP contribution in [0.5, 0.6) is 0 Å². The van der Waals surface area contributed by atoms with Crippen molar-refractivity contribution in [3.8, 4) is 0 Å². The molecule has 4 nitrogen and oxygen atoms in total. The molecular weight excluding hydrogens is 190 g/mol. The Bertz CT molecular complexity index is 349. The number of nitrogens with zero attached hydrogens (tertiary/aromatic N) is 2. The molecule has 0 saturated heterocycles. The highest BCUT2D eigenvalue weighted by Crippen LogP contribution is 2.18. The zero-order valence-electron chi connectivity index (χ0n) is 10.0. The maximum Gasteiger partial charge on any atom is 0.269 e. The maximum absolute atomic E-state index is 11.8. The second-order valence-electron chi connectivity index (χ2n) is 4.90. The van der Waals surface area contributed by atoms with Crippen molar-refractivity contribution in [1.29, 1.82) is 0 Å². The van der Waals surface area contributed by atoms with Gasteiger partial charge < -0.3 is 5.32 Å². The number of carbonyl (C=O) groups excluding carboxylic acids is 1. The van der Waals surface area contributed by atoms with Crippen molar-refractivity contribution < 1.29 is 4.79 Å². The SMILES string of the molecule is CC(NC(=O)c1ccnn1C)C(C)(C)C. The molecule has 84 valence electrons. The fourth-order valence-electron chi connectivity index (χ4n) is 1.08. The minimum absolute atomic E-state index is 0.0637. The fraction of sp³-hybridized carbons (Fsp3) is 0.636. The minimum Gasteiger partial charge on any atom is -0.348 e. The summed E-state index contributed by atoms with van der Waals surface area (Å²) >= 11 is 0. The number of carbonyl (C=O) groups is 1. The zero-order chi connectivity index (χ0) is 11.6. The van der Waals surface area contributed by atoms with Crippen LogP contribution in [0.3, 0.4) is 0 Å². The first kappa shape index (κ1) is 11.8. The van der Waals surface area contributed by atoms with Crippen molar-refractivity contribution in [1.82, 2.24) is 15.1 Å². The summed E-state index contributed by atoms with van der Waals surface area (Å²) in [7, 11) is 1.76. The third kappa shape index (κ3) is 2.81.